The van der Waals surface area contributed by atoms with Crippen LogP contribution in [-0.4, -0.2) is 19.2 Å². The molecule has 0 aliphatic heterocycles. The van der Waals surface area contributed by atoms with Crippen molar-refractivity contribution in [3.8, 4) is 5.75 Å². The summed E-state index contributed by atoms with van der Waals surface area (Å²) in [6.07, 6.45) is 1.40. The maximum atomic E-state index is 12.0. The molecule has 2 aromatic carbocycles. The monoisotopic (exact) mass is 322 g/mol. The van der Waals surface area contributed by atoms with Gasteiger partial charge in [0.05, 0.1) is 28.9 Å². The lowest BCUT2D eigenvalue weighted by atomic mass is 10.2. The summed E-state index contributed by atoms with van der Waals surface area (Å²) in [4.78, 5) is 12.0. The van der Waals surface area contributed by atoms with Crippen molar-refractivity contribution in [1.29, 1.82) is 0 Å². The van der Waals surface area contributed by atoms with E-state index in [1.807, 2.05) is 0 Å². The average Bonchev–Trinajstić information content (AvgIpc) is 2.50. The summed E-state index contributed by atoms with van der Waals surface area (Å²) in [6.45, 7) is 0. The molecule has 2 rings (SSSR count). The third kappa shape index (κ3) is 3.74. The summed E-state index contributed by atoms with van der Waals surface area (Å²) < 4.78 is 5.11. The molecule has 1 amide bonds. The second-order valence-electron chi connectivity index (χ2n) is 4.03. The molecule has 2 aromatic rings. The molecular formula is C15H12Cl2N2O2. The van der Waals surface area contributed by atoms with Crippen LogP contribution in [0, 0.1) is 0 Å². The molecule has 0 aliphatic rings. The number of hydrogen-bond donors (Lipinski definition) is 1. The molecule has 4 nitrogen and oxygen atoms in total. The van der Waals surface area contributed by atoms with Crippen molar-refractivity contribution in [3.63, 3.8) is 0 Å². The minimum absolute atomic E-state index is 0.383. The molecule has 0 saturated carbocycles. The molecule has 0 aliphatic carbocycles. The van der Waals surface area contributed by atoms with Gasteiger partial charge in [0.15, 0.2) is 0 Å². The van der Waals surface area contributed by atoms with Gasteiger partial charge >= 0.3 is 0 Å². The van der Waals surface area contributed by atoms with Crippen molar-refractivity contribution in [2.45, 2.75) is 0 Å². The van der Waals surface area contributed by atoms with Gasteiger partial charge in [-0.3, -0.25) is 4.79 Å². The number of methoxy groups -OCH3 is 1. The summed E-state index contributed by atoms with van der Waals surface area (Å²) in [5, 5.41) is 4.78. The first kappa shape index (κ1) is 15.4. The molecule has 1 N–H and O–H groups in total. The van der Waals surface area contributed by atoms with Crippen molar-refractivity contribution in [2.75, 3.05) is 7.11 Å². The number of benzene rings is 2. The van der Waals surface area contributed by atoms with Crippen molar-refractivity contribution in [3.05, 3.63) is 63.6 Å². The molecule has 6 heteroatoms. The van der Waals surface area contributed by atoms with Gasteiger partial charge in [-0.25, -0.2) is 5.43 Å². The quantitative estimate of drug-likeness (QED) is 0.688. The SMILES string of the molecule is COc1ccccc1C(=O)N/N=C\c1c(Cl)cccc1Cl. The molecule has 108 valence electrons. The minimum atomic E-state index is -0.383. The van der Waals surface area contributed by atoms with Gasteiger partial charge in [0.1, 0.15) is 5.75 Å². The summed E-state index contributed by atoms with van der Waals surface area (Å²) >= 11 is 12.0. The third-order valence-corrected chi connectivity index (χ3v) is 3.37. The van der Waals surface area contributed by atoms with E-state index in [9.17, 15) is 4.79 Å². The predicted octanol–water partition coefficient (Wildman–Crippen LogP) is 3.77. The van der Waals surface area contributed by atoms with Crippen LogP contribution in [0.3, 0.4) is 0 Å². The lowest BCUT2D eigenvalue weighted by molar-refractivity contribution is 0.0952. The normalized spacial score (nSPS) is 10.6. The highest BCUT2D eigenvalue weighted by Gasteiger charge is 2.10. The number of hydrogen-bond acceptors (Lipinski definition) is 3. The Kier molecular flexibility index (Phi) is 5.20. The molecule has 0 spiro atoms. The van der Waals surface area contributed by atoms with Crippen molar-refractivity contribution in [1.82, 2.24) is 5.43 Å². The largest absolute Gasteiger partial charge is 0.496 e. The Bertz CT molecular complexity index is 667. The van der Waals surface area contributed by atoms with Gasteiger partial charge in [-0.05, 0) is 24.3 Å². The van der Waals surface area contributed by atoms with E-state index in [4.69, 9.17) is 27.9 Å². The Morgan fingerprint density at radius 3 is 2.48 bits per heavy atom. The van der Waals surface area contributed by atoms with Crippen LogP contribution in [0.25, 0.3) is 0 Å². The topological polar surface area (TPSA) is 50.7 Å². The van der Waals surface area contributed by atoms with Crippen LogP contribution < -0.4 is 10.2 Å². The molecule has 0 atom stereocenters. The zero-order chi connectivity index (χ0) is 15.2. The molecule has 0 saturated heterocycles. The standard InChI is InChI=1S/C15H12Cl2N2O2/c1-21-14-8-3-2-5-10(14)15(20)19-18-9-11-12(16)6-4-7-13(11)17/h2-9H,1H3,(H,19,20)/b18-9-. The fraction of sp³-hybridized carbons (Fsp3) is 0.0667. The lowest BCUT2D eigenvalue weighted by Crippen LogP contribution is -2.18. The minimum Gasteiger partial charge on any atom is -0.496 e. The van der Waals surface area contributed by atoms with Crippen molar-refractivity contribution >= 4 is 35.3 Å². The van der Waals surface area contributed by atoms with Crippen molar-refractivity contribution in [2.24, 2.45) is 5.10 Å². The lowest BCUT2D eigenvalue weighted by Gasteiger charge is -2.06. The predicted molar refractivity (Wildman–Crippen MR) is 84.5 cm³/mol. The van der Waals surface area contributed by atoms with Gasteiger partial charge in [0.25, 0.3) is 5.91 Å². The first-order valence-electron chi connectivity index (χ1n) is 6.04. The second-order valence-corrected chi connectivity index (χ2v) is 4.85. The van der Waals surface area contributed by atoms with E-state index in [1.54, 1.807) is 42.5 Å². The van der Waals surface area contributed by atoms with E-state index < -0.39 is 0 Å². The summed E-state index contributed by atoms with van der Waals surface area (Å²) in [5.41, 5.74) is 3.34. The maximum Gasteiger partial charge on any atom is 0.275 e. The summed E-state index contributed by atoms with van der Waals surface area (Å²) in [5.74, 6) is 0.0906. The number of nitrogens with zero attached hydrogens (tertiary/aromatic N) is 1. The Morgan fingerprint density at radius 2 is 1.81 bits per heavy atom. The van der Waals surface area contributed by atoms with E-state index in [0.717, 1.165) is 0 Å². The molecule has 0 fully saturated rings. The van der Waals surface area contributed by atoms with Gasteiger partial charge in [0.2, 0.25) is 0 Å². The van der Waals surface area contributed by atoms with Gasteiger partial charge < -0.3 is 4.74 Å². The molecule has 0 unspecified atom stereocenters. The van der Waals surface area contributed by atoms with Crippen molar-refractivity contribution < 1.29 is 9.53 Å². The van der Waals surface area contributed by atoms with Gasteiger partial charge in [-0.1, -0.05) is 41.4 Å². The van der Waals surface area contributed by atoms with Gasteiger partial charge in [0, 0.05) is 5.56 Å². The van der Waals surface area contributed by atoms with Crippen LogP contribution in [0.1, 0.15) is 15.9 Å². The molecule has 0 heterocycles. The summed E-state index contributed by atoms with van der Waals surface area (Å²) in [7, 11) is 1.50. The number of ether oxygens (including phenoxy) is 1. The van der Waals surface area contributed by atoms with Crippen LogP contribution in [-0.2, 0) is 0 Å². The fourth-order valence-electron chi connectivity index (χ4n) is 1.68. The zero-order valence-electron chi connectivity index (χ0n) is 11.1. The highest BCUT2D eigenvalue weighted by molar-refractivity contribution is 6.38. The first-order chi connectivity index (χ1) is 10.1. The Labute approximate surface area is 132 Å². The van der Waals surface area contributed by atoms with E-state index in [0.29, 0.717) is 26.9 Å². The van der Waals surface area contributed by atoms with E-state index in [2.05, 4.69) is 10.5 Å². The molecule has 0 radical (unpaired) electrons. The number of halogens is 2. The van der Waals surface area contributed by atoms with Gasteiger partial charge in [-0.2, -0.15) is 5.10 Å². The van der Waals surface area contributed by atoms with Gasteiger partial charge in [-0.15, -0.1) is 0 Å². The number of hydrazone groups is 1. The Balaban J connectivity index is 2.12. The second kappa shape index (κ2) is 7.11. The van der Waals surface area contributed by atoms with Crippen LogP contribution in [0.2, 0.25) is 10.0 Å². The van der Waals surface area contributed by atoms with E-state index in [1.165, 1.54) is 13.3 Å². The Hall–Kier alpha value is -2.04. The van der Waals surface area contributed by atoms with Crippen LogP contribution >= 0.6 is 23.2 Å². The fourth-order valence-corrected chi connectivity index (χ4v) is 2.18. The Morgan fingerprint density at radius 1 is 1.14 bits per heavy atom. The molecule has 21 heavy (non-hydrogen) atoms. The summed E-state index contributed by atoms with van der Waals surface area (Å²) in [6, 6.07) is 12.0. The smallest absolute Gasteiger partial charge is 0.275 e. The number of carbonyl (C=O) groups is 1. The highest BCUT2D eigenvalue weighted by Crippen LogP contribution is 2.22. The third-order valence-electron chi connectivity index (χ3n) is 2.71. The average molecular weight is 323 g/mol. The molecule has 0 aromatic heterocycles. The zero-order valence-corrected chi connectivity index (χ0v) is 12.7. The number of nitrogens with one attached hydrogen (secondary N) is 1. The first-order valence-corrected chi connectivity index (χ1v) is 6.79. The molecule has 0 bridgehead atoms. The van der Waals surface area contributed by atoms with Crippen LogP contribution in [0.4, 0.5) is 0 Å². The number of para-hydroxylation sites is 1. The van der Waals surface area contributed by atoms with Crippen LogP contribution in [0.15, 0.2) is 47.6 Å². The highest BCUT2D eigenvalue weighted by atomic mass is 35.5. The van der Waals surface area contributed by atoms with E-state index >= 15 is 0 Å². The number of carbonyl (C=O) groups excluding carboxylic acids is 1. The number of rotatable bonds is 4. The maximum absolute atomic E-state index is 12.0. The van der Waals surface area contributed by atoms with Crippen LogP contribution in [0.5, 0.6) is 5.75 Å². The number of amides is 1. The molecular weight excluding hydrogens is 311 g/mol. The van der Waals surface area contributed by atoms with E-state index in [-0.39, 0.29) is 5.91 Å².